The first-order valence-electron chi connectivity index (χ1n) is 7.57. The van der Waals surface area contributed by atoms with Gasteiger partial charge in [0.2, 0.25) is 0 Å². The summed E-state index contributed by atoms with van der Waals surface area (Å²) in [6.45, 7) is 7.75. The van der Waals surface area contributed by atoms with Gasteiger partial charge < -0.3 is 15.0 Å². The number of aryl methyl sites for hydroxylation is 1. The summed E-state index contributed by atoms with van der Waals surface area (Å²) in [4.78, 5) is 2.51. The molecular formula is C16H24N2O. The second-order valence-electron chi connectivity index (χ2n) is 5.68. The summed E-state index contributed by atoms with van der Waals surface area (Å²) in [5, 5.41) is 3.49. The zero-order valence-electron chi connectivity index (χ0n) is 11.8. The molecule has 1 unspecified atom stereocenters. The molecule has 19 heavy (non-hydrogen) atoms. The lowest BCUT2D eigenvalue weighted by Crippen LogP contribution is -2.22. The van der Waals surface area contributed by atoms with Crippen molar-refractivity contribution in [3.63, 3.8) is 0 Å². The van der Waals surface area contributed by atoms with Gasteiger partial charge in [0.15, 0.2) is 0 Å². The molecule has 2 heterocycles. The highest BCUT2D eigenvalue weighted by molar-refractivity contribution is 5.63. The molecule has 3 rings (SSSR count). The Morgan fingerprint density at radius 2 is 2.37 bits per heavy atom. The van der Waals surface area contributed by atoms with Gasteiger partial charge in [-0.05, 0) is 44.0 Å². The zero-order valence-corrected chi connectivity index (χ0v) is 11.8. The maximum atomic E-state index is 6.09. The largest absolute Gasteiger partial charge is 0.491 e. The highest BCUT2D eigenvalue weighted by Crippen LogP contribution is 2.32. The van der Waals surface area contributed by atoms with E-state index in [-0.39, 0.29) is 0 Å². The van der Waals surface area contributed by atoms with Gasteiger partial charge in [-0.3, -0.25) is 0 Å². The summed E-state index contributed by atoms with van der Waals surface area (Å²) in [5.74, 6) is 1.74. The topological polar surface area (TPSA) is 24.5 Å². The van der Waals surface area contributed by atoms with Crippen molar-refractivity contribution in [1.82, 2.24) is 4.90 Å². The van der Waals surface area contributed by atoms with Crippen molar-refractivity contribution in [1.29, 1.82) is 0 Å². The molecule has 1 aromatic carbocycles. The van der Waals surface area contributed by atoms with Crippen LogP contribution in [0.15, 0.2) is 18.2 Å². The molecule has 1 aromatic rings. The fraction of sp³-hybridized carbons (Fsp3) is 0.625. The van der Waals surface area contributed by atoms with Crippen LogP contribution in [0.3, 0.4) is 0 Å². The van der Waals surface area contributed by atoms with Crippen LogP contribution < -0.4 is 10.1 Å². The number of nitrogens with zero attached hydrogens (tertiary/aromatic N) is 1. The minimum atomic E-state index is 0.694. The van der Waals surface area contributed by atoms with Crippen LogP contribution in [-0.2, 0) is 6.42 Å². The Bertz CT molecular complexity index is 433. The van der Waals surface area contributed by atoms with Gasteiger partial charge in [0.1, 0.15) is 5.75 Å². The molecule has 1 saturated heterocycles. The Morgan fingerprint density at radius 3 is 3.21 bits per heavy atom. The minimum absolute atomic E-state index is 0.694. The molecule has 1 N–H and O–H groups in total. The average Bonchev–Trinajstić information content (AvgIpc) is 2.93. The number of fused-ring (bicyclic) bond motifs is 1. The number of hydrogen-bond donors (Lipinski definition) is 1. The number of hydrogen-bond acceptors (Lipinski definition) is 3. The molecule has 3 nitrogen and oxygen atoms in total. The van der Waals surface area contributed by atoms with Gasteiger partial charge >= 0.3 is 0 Å². The van der Waals surface area contributed by atoms with E-state index < -0.39 is 0 Å². The summed E-state index contributed by atoms with van der Waals surface area (Å²) in [5.41, 5.74) is 2.64. The molecule has 3 heteroatoms. The molecule has 0 radical (unpaired) electrons. The first kappa shape index (κ1) is 12.8. The minimum Gasteiger partial charge on any atom is -0.491 e. The number of benzene rings is 1. The van der Waals surface area contributed by atoms with E-state index in [4.69, 9.17) is 4.74 Å². The van der Waals surface area contributed by atoms with Crippen molar-refractivity contribution in [2.24, 2.45) is 5.92 Å². The Hall–Kier alpha value is -1.22. The van der Waals surface area contributed by atoms with Gasteiger partial charge in [-0.25, -0.2) is 0 Å². The molecule has 0 aliphatic carbocycles. The van der Waals surface area contributed by atoms with Gasteiger partial charge in [-0.2, -0.15) is 0 Å². The fourth-order valence-electron chi connectivity index (χ4n) is 3.14. The first-order chi connectivity index (χ1) is 9.36. The average molecular weight is 260 g/mol. The van der Waals surface area contributed by atoms with Crippen LogP contribution in [0.2, 0.25) is 0 Å². The van der Waals surface area contributed by atoms with Crippen LogP contribution in [0.5, 0.6) is 5.75 Å². The first-order valence-corrected chi connectivity index (χ1v) is 7.57. The predicted octanol–water partition coefficient (Wildman–Crippen LogP) is 2.77. The van der Waals surface area contributed by atoms with Crippen molar-refractivity contribution in [2.75, 3.05) is 38.1 Å². The standard InChI is InChI=1S/C16H24N2O/c1-2-18-10-8-13(11-18)12-19-15-7-3-5-14-6-4-9-17-16(14)15/h3,5,7,13,17H,2,4,6,8-12H2,1H3. The normalized spacial score (nSPS) is 22.9. The summed E-state index contributed by atoms with van der Waals surface area (Å²) in [6, 6.07) is 6.43. The van der Waals surface area contributed by atoms with E-state index in [1.165, 1.54) is 50.1 Å². The predicted molar refractivity (Wildman–Crippen MR) is 79.0 cm³/mol. The van der Waals surface area contributed by atoms with Crippen molar-refractivity contribution in [2.45, 2.75) is 26.2 Å². The van der Waals surface area contributed by atoms with E-state index in [1.807, 2.05) is 0 Å². The Morgan fingerprint density at radius 1 is 1.42 bits per heavy atom. The maximum Gasteiger partial charge on any atom is 0.142 e. The molecule has 2 aliphatic heterocycles. The molecule has 2 aliphatic rings. The molecule has 0 amide bonds. The van der Waals surface area contributed by atoms with E-state index >= 15 is 0 Å². The zero-order chi connectivity index (χ0) is 13.1. The second-order valence-corrected chi connectivity index (χ2v) is 5.68. The lowest BCUT2D eigenvalue weighted by molar-refractivity contribution is 0.244. The van der Waals surface area contributed by atoms with Crippen LogP contribution >= 0.6 is 0 Å². The molecule has 0 spiro atoms. The monoisotopic (exact) mass is 260 g/mol. The summed E-state index contributed by atoms with van der Waals surface area (Å²) < 4.78 is 6.09. The number of rotatable bonds is 4. The Labute approximate surface area is 115 Å². The van der Waals surface area contributed by atoms with Gasteiger partial charge in [0.05, 0.1) is 12.3 Å². The van der Waals surface area contributed by atoms with Crippen LogP contribution in [0, 0.1) is 5.92 Å². The third-order valence-electron chi connectivity index (χ3n) is 4.33. The number of anilines is 1. The summed E-state index contributed by atoms with van der Waals surface area (Å²) in [6.07, 6.45) is 3.67. The SMILES string of the molecule is CCN1CCC(COc2cccc3c2NCCC3)C1. The molecule has 0 aromatic heterocycles. The highest BCUT2D eigenvalue weighted by atomic mass is 16.5. The number of ether oxygens (including phenoxy) is 1. The molecule has 104 valence electrons. The van der Waals surface area contributed by atoms with Crippen LogP contribution in [0.1, 0.15) is 25.3 Å². The van der Waals surface area contributed by atoms with Gasteiger partial charge in [0.25, 0.3) is 0 Å². The molecule has 0 bridgehead atoms. The Balaban J connectivity index is 1.61. The van der Waals surface area contributed by atoms with Crippen LogP contribution in [-0.4, -0.2) is 37.7 Å². The summed E-state index contributed by atoms with van der Waals surface area (Å²) in [7, 11) is 0. The van der Waals surface area contributed by atoms with Crippen molar-refractivity contribution in [3.05, 3.63) is 23.8 Å². The van der Waals surface area contributed by atoms with Crippen LogP contribution in [0.25, 0.3) is 0 Å². The number of para-hydroxylation sites is 1. The molecule has 0 saturated carbocycles. The van der Waals surface area contributed by atoms with E-state index in [2.05, 4.69) is 35.3 Å². The fourth-order valence-corrected chi connectivity index (χ4v) is 3.14. The van der Waals surface area contributed by atoms with Crippen LogP contribution in [0.4, 0.5) is 5.69 Å². The third kappa shape index (κ3) is 2.86. The maximum absolute atomic E-state index is 6.09. The molecule has 1 fully saturated rings. The number of nitrogens with one attached hydrogen (secondary N) is 1. The van der Waals surface area contributed by atoms with Gasteiger partial charge in [0, 0.05) is 19.0 Å². The second kappa shape index (κ2) is 5.83. The third-order valence-corrected chi connectivity index (χ3v) is 4.33. The van der Waals surface area contributed by atoms with E-state index in [9.17, 15) is 0 Å². The molecular weight excluding hydrogens is 236 g/mol. The summed E-state index contributed by atoms with van der Waals surface area (Å²) >= 11 is 0. The number of likely N-dealkylation sites (tertiary alicyclic amines) is 1. The van der Waals surface area contributed by atoms with Gasteiger partial charge in [-0.1, -0.05) is 19.1 Å². The Kier molecular flexibility index (Phi) is 3.92. The lowest BCUT2D eigenvalue weighted by Gasteiger charge is -2.22. The van der Waals surface area contributed by atoms with Gasteiger partial charge in [-0.15, -0.1) is 0 Å². The van der Waals surface area contributed by atoms with Crippen molar-refractivity contribution < 1.29 is 4.74 Å². The van der Waals surface area contributed by atoms with Crippen molar-refractivity contribution >= 4 is 5.69 Å². The smallest absolute Gasteiger partial charge is 0.142 e. The van der Waals surface area contributed by atoms with E-state index in [1.54, 1.807) is 0 Å². The van der Waals surface area contributed by atoms with E-state index in [0.717, 1.165) is 18.9 Å². The lowest BCUT2D eigenvalue weighted by atomic mass is 10.0. The highest BCUT2D eigenvalue weighted by Gasteiger charge is 2.22. The quantitative estimate of drug-likeness (QED) is 0.901. The molecule has 1 atom stereocenters. The van der Waals surface area contributed by atoms with Crippen molar-refractivity contribution in [3.8, 4) is 5.75 Å². The van der Waals surface area contributed by atoms with E-state index in [0.29, 0.717) is 5.92 Å².